The zero-order valence-electron chi connectivity index (χ0n) is 21.8. The number of carbonyl (C=O) groups is 2. The van der Waals surface area contributed by atoms with Crippen LogP contribution in [0.3, 0.4) is 0 Å². The Hall–Kier alpha value is -2.16. The minimum absolute atomic E-state index is 0.0934. The van der Waals surface area contributed by atoms with E-state index >= 15 is 0 Å². The second kappa shape index (κ2) is 13.6. The zero-order valence-corrected chi connectivity index (χ0v) is 25.1. The molecule has 8 heteroatoms. The lowest BCUT2D eigenvalue weighted by Crippen LogP contribution is -2.29. The van der Waals surface area contributed by atoms with E-state index in [1.54, 1.807) is 11.8 Å². The molecule has 1 aliphatic heterocycles. The average Bonchev–Trinajstić information content (AvgIpc) is 3.10. The molecule has 0 radical (unpaired) electrons. The highest BCUT2D eigenvalue weighted by Crippen LogP contribution is 2.35. The van der Waals surface area contributed by atoms with Crippen molar-refractivity contribution in [3.8, 4) is 5.75 Å². The molecule has 1 aliphatic rings. The van der Waals surface area contributed by atoms with Gasteiger partial charge in [-0.3, -0.25) is 14.5 Å². The molecule has 1 amide bonds. The molecule has 0 saturated carbocycles. The van der Waals surface area contributed by atoms with Gasteiger partial charge in [0.25, 0.3) is 5.91 Å². The van der Waals surface area contributed by atoms with Crippen molar-refractivity contribution in [2.45, 2.75) is 65.4 Å². The Balaban J connectivity index is 1.63. The molecule has 37 heavy (non-hydrogen) atoms. The van der Waals surface area contributed by atoms with E-state index in [1.165, 1.54) is 17.3 Å². The minimum Gasteiger partial charge on any atom is -0.488 e. The first kappa shape index (κ1) is 29.4. The van der Waals surface area contributed by atoms with Gasteiger partial charge >= 0.3 is 5.97 Å². The van der Waals surface area contributed by atoms with Crippen LogP contribution >= 0.6 is 39.9 Å². The van der Waals surface area contributed by atoms with Crippen molar-refractivity contribution < 1.29 is 19.1 Å². The third-order valence-corrected chi connectivity index (χ3v) is 7.79. The summed E-state index contributed by atoms with van der Waals surface area (Å²) in [5, 5.41) is 0. The van der Waals surface area contributed by atoms with Gasteiger partial charge in [0, 0.05) is 23.0 Å². The normalized spacial score (nSPS) is 14.9. The number of benzene rings is 2. The van der Waals surface area contributed by atoms with Crippen LogP contribution in [0.5, 0.6) is 5.75 Å². The van der Waals surface area contributed by atoms with Crippen molar-refractivity contribution in [1.82, 2.24) is 4.90 Å². The molecule has 1 fully saturated rings. The van der Waals surface area contributed by atoms with Crippen molar-refractivity contribution in [3.05, 3.63) is 68.5 Å². The lowest BCUT2D eigenvalue weighted by Gasteiger charge is -2.19. The van der Waals surface area contributed by atoms with Gasteiger partial charge in [-0.2, -0.15) is 0 Å². The first-order valence-corrected chi connectivity index (χ1v) is 14.5. The number of hydrogen-bond donors (Lipinski definition) is 0. The Bertz CT molecular complexity index is 1160. The monoisotopic (exact) mass is 603 g/mol. The van der Waals surface area contributed by atoms with Crippen LogP contribution in [-0.2, 0) is 26.3 Å². The maximum absolute atomic E-state index is 13.1. The molecule has 1 heterocycles. The molecule has 0 unspecified atom stereocenters. The molecule has 3 rings (SSSR count). The van der Waals surface area contributed by atoms with Crippen molar-refractivity contribution in [3.63, 3.8) is 0 Å². The second-order valence-electron chi connectivity index (χ2n) is 9.87. The lowest BCUT2D eigenvalue weighted by atomic mass is 9.87. The summed E-state index contributed by atoms with van der Waals surface area (Å²) < 4.78 is 12.6. The van der Waals surface area contributed by atoms with Gasteiger partial charge in [-0.05, 0) is 60.6 Å². The van der Waals surface area contributed by atoms with Crippen LogP contribution in [0.4, 0.5) is 0 Å². The van der Waals surface area contributed by atoms with E-state index in [0.29, 0.717) is 41.2 Å². The van der Waals surface area contributed by atoms with E-state index in [4.69, 9.17) is 21.7 Å². The Labute approximate surface area is 238 Å². The highest BCUT2D eigenvalue weighted by atomic mass is 79.9. The smallest absolute Gasteiger partial charge is 0.305 e. The van der Waals surface area contributed by atoms with Gasteiger partial charge in [0.15, 0.2) is 0 Å². The average molecular weight is 605 g/mol. The SMILES string of the molecule is CCOC(=O)CCCCCN1C(=O)/C(=C\c2cc(Br)ccc2OCc2ccc(C(C)(C)C)cc2)SC1=S. The quantitative estimate of drug-likeness (QED) is 0.114. The summed E-state index contributed by atoms with van der Waals surface area (Å²) in [5.74, 6) is 0.432. The summed E-state index contributed by atoms with van der Waals surface area (Å²) in [7, 11) is 0. The maximum Gasteiger partial charge on any atom is 0.305 e. The Morgan fingerprint density at radius 2 is 1.84 bits per heavy atom. The molecule has 0 bridgehead atoms. The van der Waals surface area contributed by atoms with E-state index < -0.39 is 0 Å². The number of thioether (sulfide) groups is 1. The van der Waals surface area contributed by atoms with Crippen LogP contribution in [0.2, 0.25) is 0 Å². The predicted molar refractivity (Wildman–Crippen MR) is 159 cm³/mol. The van der Waals surface area contributed by atoms with Crippen molar-refractivity contribution >= 4 is 62.2 Å². The van der Waals surface area contributed by atoms with E-state index in [0.717, 1.165) is 34.9 Å². The Morgan fingerprint density at radius 3 is 2.51 bits per heavy atom. The third kappa shape index (κ3) is 8.69. The number of esters is 1. The molecule has 0 spiro atoms. The molecule has 1 saturated heterocycles. The largest absolute Gasteiger partial charge is 0.488 e. The van der Waals surface area contributed by atoms with Crippen LogP contribution in [0.15, 0.2) is 51.8 Å². The van der Waals surface area contributed by atoms with E-state index in [9.17, 15) is 9.59 Å². The molecule has 2 aromatic rings. The van der Waals surface area contributed by atoms with Gasteiger partial charge in [-0.1, -0.05) is 91.4 Å². The van der Waals surface area contributed by atoms with Gasteiger partial charge < -0.3 is 9.47 Å². The summed E-state index contributed by atoms with van der Waals surface area (Å²) in [6.45, 7) is 9.76. The topological polar surface area (TPSA) is 55.8 Å². The van der Waals surface area contributed by atoms with E-state index in [-0.39, 0.29) is 17.3 Å². The number of hydrogen-bond acceptors (Lipinski definition) is 6. The molecule has 0 N–H and O–H groups in total. The third-order valence-electron chi connectivity index (χ3n) is 5.91. The summed E-state index contributed by atoms with van der Waals surface area (Å²) in [6.07, 6.45) is 4.59. The van der Waals surface area contributed by atoms with Crippen molar-refractivity contribution in [1.29, 1.82) is 0 Å². The molecule has 0 atom stereocenters. The van der Waals surface area contributed by atoms with Gasteiger partial charge in [-0.25, -0.2) is 0 Å². The first-order valence-electron chi connectivity index (χ1n) is 12.5. The number of unbranched alkanes of at least 4 members (excludes halogenated alkanes) is 2. The minimum atomic E-state index is -0.176. The number of nitrogens with zero attached hydrogens (tertiary/aromatic N) is 1. The first-order chi connectivity index (χ1) is 17.6. The fourth-order valence-corrected chi connectivity index (χ4v) is 5.49. The number of rotatable bonds is 11. The van der Waals surface area contributed by atoms with Crippen molar-refractivity contribution in [2.24, 2.45) is 0 Å². The number of amides is 1. The second-order valence-corrected chi connectivity index (χ2v) is 12.5. The van der Waals surface area contributed by atoms with Crippen LogP contribution in [0, 0.1) is 0 Å². The zero-order chi connectivity index (χ0) is 27.0. The molecule has 0 aromatic heterocycles. The lowest BCUT2D eigenvalue weighted by molar-refractivity contribution is -0.143. The fourth-order valence-electron chi connectivity index (χ4n) is 3.81. The molecule has 0 aliphatic carbocycles. The van der Waals surface area contributed by atoms with Gasteiger partial charge in [0.05, 0.1) is 11.5 Å². The molecule has 198 valence electrons. The predicted octanol–water partition coefficient (Wildman–Crippen LogP) is 7.65. The number of thiocarbonyl (C=S) groups is 1. The van der Waals surface area contributed by atoms with Gasteiger partial charge in [0.2, 0.25) is 0 Å². The Morgan fingerprint density at radius 1 is 1.11 bits per heavy atom. The molecular formula is C29H34BrNO4S2. The van der Waals surface area contributed by atoms with Crippen LogP contribution in [0.1, 0.15) is 70.1 Å². The Kier molecular flexibility index (Phi) is 10.8. The van der Waals surface area contributed by atoms with Gasteiger partial charge in [0.1, 0.15) is 16.7 Å². The van der Waals surface area contributed by atoms with E-state index in [2.05, 4.69) is 61.0 Å². The molecule has 2 aromatic carbocycles. The van der Waals surface area contributed by atoms with Gasteiger partial charge in [-0.15, -0.1) is 0 Å². The summed E-state index contributed by atoms with van der Waals surface area (Å²) in [4.78, 5) is 26.8. The number of ether oxygens (including phenoxy) is 2. The highest BCUT2D eigenvalue weighted by molar-refractivity contribution is 9.10. The number of halogens is 1. The van der Waals surface area contributed by atoms with E-state index in [1.807, 2.05) is 24.3 Å². The standard InChI is InChI=1S/C29H34BrNO4S2/c1-5-34-26(32)9-7-6-8-16-31-27(33)25(37-28(31)36)18-21-17-23(30)14-15-24(21)35-19-20-10-12-22(13-11-20)29(2,3)4/h10-15,17-18H,5-9,16,19H2,1-4H3/b25-18+. The summed E-state index contributed by atoms with van der Waals surface area (Å²) in [5.41, 5.74) is 3.28. The highest BCUT2D eigenvalue weighted by Gasteiger charge is 2.31. The summed E-state index contributed by atoms with van der Waals surface area (Å²) in [6, 6.07) is 14.3. The number of carbonyl (C=O) groups excluding carboxylic acids is 2. The van der Waals surface area contributed by atoms with Crippen LogP contribution < -0.4 is 4.74 Å². The van der Waals surface area contributed by atoms with Crippen LogP contribution in [-0.4, -0.2) is 34.2 Å². The van der Waals surface area contributed by atoms with Crippen LogP contribution in [0.25, 0.3) is 6.08 Å². The maximum atomic E-state index is 13.1. The van der Waals surface area contributed by atoms with Crippen molar-refractivity contribution in [2.75, 3.05) is 13.2 Å². The molecular weight excluding hydrogens is 570 g/mol. The molecule has 5 nitrogen and oxygen atoms in total. The summed E-state index contributed by atoms with van der Waals surface area (Å²) >= 11 is 10.3. The fraction of sp³-hybridized carbons (Fsp3) is 0.414.